The van der Waals surface area contributed by atoms with Gasteiger partial charge in [0.15, 0.2) is 0 Å². The highest BCUT2D eigenvalue weighted by Gasteiger charge is 2.36. The molecular weight excluding hydrogens is 244 g/mol. The number of hydrogen-bond acceptors (Lipinski definition) is 4. The molecule has 0 aliphatic carbocycles. The Labute approximate surface area is 111 Å². The zero-order chi connectivity index (χ0) is 13.8. The Hall–Kier alpha value is -2.39. The molecule has 2 rings (SSSR count). The zero-order valence-corrected chi connectivity index (χ0v) is 10.5. The highest BCUT2D eigenvalue weighted by atomic mass is 16.5. The molecule has 2 amide bonds. The summed E-state index contributed by atoms with van der Waals surface area (Å²) in [6.07, 6.45) is 0. The van der Waals surface area contributed by atoms with Crippen LogP contribution in [0.4, 0.5) is 4.79 Å². The molecule has 1 unspecified atom stereocenters. The van der Waals surface area contributed by atoms with Crippen LogP contribution in [0, 0.1) is 16.7 Å². The van der Waals surface area contributed by atoms with Crippen molar-refractivity contribution >= 4 is 11.9 Å². The molecule has 1 fully saturated rings. The van der Waals surface area contributed by atoms with Gasteiger partial charge in [-0.05, 0) is 17.7 Å². The molecule has 1 aromatic carbocycles. The summed E-state index contributed by atoms with van der Waals surface area (Å²) in [7, 11) is 1.56. The Morgan fingerprint density at radius 2 is 2.37 bits per heavy atom. The Balaban J connectivity index is 2.31. The molecule has 0 bridgehead atoms. The van der Waals surface area contributed by atoms with E-state index in [1.807, 2.05) is 0 Å². The highest BCUT2D eigenvalue weighted by Crippen LogP contribution is 2.26. The molecule has 6 heteroatoms. The number of hydrogen-bond donors (Lipinski definition) is 2. The molecule has 2 N–H and O–H groups in total. The lowest BCUT2D eigenvalue weighted by atomic mass is 10.0. The number of rotatable bonds is 4. The summed E-state index contributed by atoms with van der Waals surface area (Å²) in [6, 6.07) is 8.21. The number of carbonyl (C=O) groups is 1. The third-order valence-corrected chi connectivity index (χ3v) is 2.96. The van der Waals surface area contributed by atoms with E-state index in [1.54, 1.807) is 31.4 Å². The summed E-state index contributed by atoms with van der Waals surface area (Å²) < 4.78 is 4.97. The molecule has 0 spiro atoms. The number of methoxy groups -OCH3 is 1. The minimum atomic E-state index is -0.476. The van der Waals surface area contributed by atoms with Crippen molar-refractivity contribution < 1.29 is 9.53 Å². The molecule has 19 heavy (non-hydrogen) atoms. The minimum Gasteiger partial charge on any atom is -0.383 e. The van der Waals surface area contributed by atoms with Crippen LogP contribution in [0.1, 0.15) is 17.2 Å². The first-order valence-electron chi connectivity index (χ1n) is 5.82. The van der Waals surface area contributed by atoms with Gasteiger partial charge in [-0.25, -0.2) is 4.79 Å². The molecule has 1 atom stereocenters. The number of nitrogens with zero attached hydrogens (tertiary/aromatic N) is 2. The van der Waals surface area contributed by atoms with Gasteiger partial charge in [-0.2, -0.15) is 5.26 Å². The number of urea groups is 1. The van der Waals surface area contributed by atoms with Crippen molar-refractivity contribution in [3.05, 3.63) is 35.4 Å². The average Bonchev–Trinajstić information content (AvgIpc) is 2.70. The maximum Gasteiger partial charge on any atom is 0.323 e. The second-order valence-corrected chi connectivity index (χ2v) is 4.17. The van der Waals surface area contributed by atoms with Crippen LogP contribution >= 0.6 is 0 Å². The first-order chi connectivity index (χ1) is 9.17. The van der Waals surface area contributed by atoms with E-state index in [4.69, 9.17) is 15.4 Å². The number of amides is 2. The van der Waals surface area contributed by atoms with Gasteiger partial charge in [0.1, 0.15) is 11.9 Å². The highest BCUT2D eigenvalue weighted by molar-refractivity contribution is 6.06. The molecule has 1 aromatic rings. The van der Waals surface area contributed by atoms with Gasteiger partial charge >= 0.3 is 6.03 Å². The molecule has 0 radical (unpaired) electrons. The predicted octanol–water partition coefficient (Wildman–Crippen LogP) is 1.25. The van der Waals surface area contributed by atoms with Crippen molar-refractivity contribution in [2.45, 2.75) is 6.04 Å². The smallest absolute Gasteiger partial charge is 0.323 e. The second-order valence-electron chi connectivity index (χ2n) is 4.17. The zero-order valence-electron chi connectivity index (χ0n) is 10.5. The SMILES string of the molecule is COCCN1C(=O)NC(=N)C1c1cccc(C#N)c1. The van der Waals surface area contributed by atoms with E-state index in [1.165, 1.54) is 4.90 Å². The van der Waals surface area contributed by atoms with Gasteiger partial charge in [0.25, 0.3) is 0 Å². The summed E-state index contributed by atoms with van der Waals surface area (Å²) in [6.45, 7) is 0.793. The third-order valence-electron chi connectivity index (χ3n) is 2.96. The summed E-state index contributed by atoms with van der Waals surface area (Å²) in [5.74, 6) is 0.121. The Bertz CT molecular complexity index is 550. The van der Waals surface area contributed by atoms with Crippen LogP contribution in [0.15, 0.2) is 24.3 Å². The standard InChI is InChI=1S/C13H14N4O2/c1-19-6-5-17-11(12(15)16-13(17)18)10-4-2-3-9(7-10)8-14/h2-4,7,11H,5-6H2,1H3,(H2,15,16,18). The van der Waals surface area contributed by atoms with E-state index in [-0.39, 0.29) is 11.9 Å². The molecule has 98 valence electrons. The third kappa shape index (κ3) is 2.56. The fourth-order valence-corrected chi connectivity index (χ4v) is 2.07. The van der Waals surface area contributed by atoms with Gasteiger partial charge in [0.05, 0.1) is 18.2 Å². The lowest BCUT2D eigenvalue weighted by Crippen LogP contribution is -2.32. The first-order valence-corrected chi connectivity index (χ1v) is 5.82. The maximum absolute atomic E-state index is 11.8. The molecule has 0 aromatic heterocycles. The lowest BCUT2D eigenvalue weighted by Gasteiger charge is -2.22. The first kappa shape index (κ1) is 13.1. The number of carbonyl (C=O) groups excluding carboxylic acids is 1. The molecule has 0 saturated carbocycles. The van der Waals surface area contributed by atoms with E-state index in [9.17, 15) is 4.79 Å². The Kier molecular flexibility index (Phi) is 3.78. The van der Waals surface area contributed by atoms with Crippen molar-refractivity contribution in [1.29, 1.82) is 10.7 Å². The second kappa shape index (κ2) is 5.50. The monoisotopic (exact) mass is 258 g/mol. The maximum atomic E-state index is 11.8. The normalized spacial score (nSPS) is 18.3. The van der Waals surface area contributed by atoms with Gasteiger partial charge in [-0.1, -0.05) is 12.1 Å². The van der Waals surface area contributed by atoms with Crippen LogP contribution in [0.5, 0.6) is 0 Å². The molecule has 1 heterocycles. The van der Waals surface area contributed by atoms with Gasteiger partial charge in [0.2, 0.25) is 0 Å². The average molecular weight is 258 g/mol. The van der Waals surface area contributed by atoms with Crippen LogP contribution in [0.25, 0.3) is 0 Å². The minimum absolute atomic E-state index is 0.121. The number of nitrogens with one attached hydrogen (secondary N) is 2. The Morgan fingerprint density at radius 3 is 3.05 bits per heavy atom. The quantitative estimate of drug-likeness (QED) is 0.851. The predicted molar refractivity (Wildman–Crippen MR) is 68.7 cm³/mol. The molecule has 6 nitrogen and oxygen atoms in total. The fraction of sp³-hybridized carbons (Fsp3) is 0.308. The van der Waals surface area contributed by atoms with E-state index < -0.39 is 6.04 Å². The van der Waals surface area contributed by atoms with Crippen molar-refractivity contribution in [3.63, 3.8) is 0 Å². The summed E-state index contributed by atoms with van der Waals surface area (Å²) in [5, 5.41) is 19.3. The van der Waals surface area contributed by atoms with Crippen molar-refractivity contribution in [2.24, 2.45) is 0 Å². The van der Waals surface area contributed by atoms with Crippen LogP contribution in [0.2, 0.25) is 0 Å². The Morgan fingerprint density at radius 1 is 1.58 bits per heavy atom. The van der Waals surface area contributed by atoms with E-state index >= 15 is 0 Å². The number of benzene rings is 1. The summed E-state index contributed by atoms with van der Waals surface area (Å²) >= 11 is 0. The van der Waals surface area contributed by atoms with E-state index in [2.05, 4.69) is 11.4 Å². The van der Waals surface area contributed by atoms with Gasteiger partial charge in [0, 0.05) is 13.7 Å². The van der Waals surface area contributed by atoms with Gasteiger partial charge in [-0.3, -0.25) is 10.7 Å². The van der Waals surface area contributed by atoms with Crippen molar-refractivity contribution in [2.75, 3.05) is 20.3 Å². The molecule has 1 aliphatic heterocycles. The fourth-order valence-electron chi connectivity index (χ4n) is 2.07. The van der Waals surface area contributed by atoms with Gasteiger partial charge < -0.3 is 9.64 Å². The molecule has 1 aliphatic rings. The summed E-state index contributed by atoms with van der Waals surface area (Å²) in [5.41, 5.74) is 1.26. The molecule has 1 saturated heterocycles. The largest absolute Gasteiger partial charge is 0.383 e. The summed E-state index contributed by atoms with van der Waals surface area (Å²) in [4.78, 5) is 13.3. The van der Waals surface area contributed by atoms with Crippen LogP contribution in [-0.2, 0) is 4.74 Å². The van der Waals surface area contributed by atoms with Crippen molar-refractivity contribution in [3.8, 4) is 6.07 Å². The van der Waals surface area contributed by atoms with E-state index in [0.29, 0.717) is 18.7 Å². The number of ether oxygens (including phenoxy) is 1. The lowest BCUT2D eigenvalue weighted by molar-refractivity contribution is 0.151. The number of amidine groups is 1. The topological polar surface area (TPSA) is 89.2 Å². The van der Waals surface area contributed by atoms with Crippen LogP contribution in [-0.4, -0.2) is 37.0 Å². The van der Waals surface area contributed by atoms with Crippen LogP contribution in [0.3, 0.4) is 0 Å². The van der Waals surface area contributed by atoms with Crippen LogP contribution < -0.4 is 5.32 Å². The molecular formula is C13H14N4O2. The number of nitriles is 1. The van der Waals surface area contributed by atoms with Crippen molar-refractivity contribution in [1.82, 2.24) is 10.2 Å². The van der Waals surface area contributed by atoms with Gasteiger partial charge in [-0.15, -0.1) is 0 Å². The van der Waals surface area contributed by atoms with E-state index in [0.717, 1.165) is 5.56 Å².